The minimum atomic E-state index is -0.414. The van der Waals surface area contributed by atoms with Crippen LogP contribution >= 0.6 is 12.2 Å². The van der Waals surface area contributed by atoms with E-state index < -0.39 is 11.8 Å². The van der Waals surface area contributed by atoms with E-state index in [2.05, 4.69) is 0 Å². The Balaban J connectivity index is 1.90. The maximum Gasteiger partial charge on any atom is 0.265 e. The average Bonchev–Trinajstić information content (AvgIpc) is 2.63. The highest BCUT2D eigenvalue weighted by Gasteiger charge is 2.35. The van der Waals surface area contributed by atoms with Crippen molar-refractivity contribution in [2.45, 2.75) is 0 Å². The Kier molecular flexibility index (Phi) is 4.63. The molecule has 0 radical (unpaired) electrons. The van der Waals surface area contributed by atoms with Crippen molar-refractivity contribution in [1.29, 1.82) is 0 Å². The van der Waals surface area contributed by atoms with Crippen LogP contribution in [0.15, 0.2) is 60.2 Å². The van der Waals surface area contributed by atoms with Gasteiger partial charge in [0.25, 0.3) is 11.8 Å². The molecule has 0 unspecified atom stereocenters. The molecule has 25 heavy (non-hydrogen) atoms. The van der Waals surface area contributed by atoms with E-state index in [0.717, 1.165) is 0 Å². The standard InChI is InChI=1S/C19H16N2O3S/c1-20-17(22)16(18(23)21(2)19(20)25)12-13-7-6-10-15(11-13)24-14-8-4-3-5-9-14/h3-12H,1-2H3. The SMILES string of the molecule is CN1C(=O)C(=Cc2cccc(Oc3ccccc3)c2)C(=O)N(C)C1=S. The van der Waals surface area contributed by atoms with Gasteiger partial charge in [-0.25, -0.2) is 0 Å². The molecule has 0 spiro atoms. The van der Waals surface area contributed by atoms with E-state index in [1.54, 1.807) is 38.4 Å². The number of nitrogens with zero attached hydrogens (tertiary/aromatic N) is 2. The number of para-hydroxylation sites is 1. The van der Waals surface area contributed by atoms with Crippen LogP contribution in [0.1, 0.15) is 5.56 Å². The fourth-order valence-corrected chi connectivity index (χ4v) is 2.60. The van der Waals surface area contributed by atoms with Crippen LogP contribution in [0, 0.1) is 0 Å². The molecule has 1 fully saturated rings. The van der Waals surface area contributed by atoms with Gasteiger partial charge in [0, 0.05) is 14.1 Å². The molecular formula is C19H16N2O3S. The monoisotopic (exact) mass is 352 g/mol. The zero-order valence-electron chi connectivity index (χ0n) is 13.8. The van der Waals surface area contributed by atoms with E-state index in [1.165, 1.54) is 9.80 Å². The molecule has 1 heterocycles. The first-order chi connectivity index (χ1) is 12.0. The third-order valence-corrected chi connectivity index (χ3v) is 4.34. The molecule has 126 valence electrons. The zero-order valence-corrected chi connectivity index (χ0v) is 14.6. The van der Waals surface area contributed by atoms with Crippen LogP contribution in [0.5, 0.6) is 11.5 Å². The number of likely N-dealkylation sites (N-methyl/N-ethyl adjacent to an activating group) is 2. The Bertz CT molecular complexity index is 851. The average molecular weight is 352 g/mol. The maximum absolute atomic E-state index is 12.4. The summed E-state index contributed by atoms with van der Waals surface area (Å²) in [5, 5.41) is 0.188. The van der Waals surface area contributed by atoms with Gasteiger partial charge in [0.2, 0.25) is 0 Å². The van der Waals surface area contributed by atoms with Crippen LogP contribution < -0.4 is 4.74 Å². The summed E-state index contributed by atoms with van der Waals surface area (Å²) >= 11 is 5.08. The van der Waals surface area contributed by atoms with E-state index in [1.807, 2.05) is 36.4 Å². The molecule has 1 aliphatic rings. The summed E-state index contributed by atoms with van der Waals surface area (Å²) in [7, 11) is 3.10. The Morgan fingerprint density at radius 3 is 2.12 bits per heavy atom. The molecule has 6 heteroatoms. The normalized spacial score (nSPS) is 14.8. The van der Waals surface area contributed by atoms with Gasteiger partial charge in [-0.3, -0.25) is 19.4 Å². The molecule has 3 rings (SSSR count). The highest BCUT2D eigenvalue weighted by Crippen LogP contribution is 2.24. The fourth-order valence-electron chi connectivity index (χ4n) is 2.43. The summed E-state index contributed by atoms with van der Waals surface area (Å²) in [5.41, 5.74) is 0.759. The molecule has 1 aliphatic heterocycles. The van der Waals surface area contributed by atoms with Crippen molar-refractivity contribution < 1.29 is 14.3 Å². The van der Waals surface area contributed by atoms with Crippen LogP contribution in [0.2, 0.25) is 0 Å². The number of thiocarbonyl (C=S) groups is 1. The molecule has 2 aromatic carbocycles. The van der Waals surface area contributed by atoms with E-state index in [4.69, 9.17) is 17.0 Å². The largest absolute Gasteiger partial charge is 0.457 e. The number of hydrogen-bond acceptors (Lipinski definition) is 4. The number of benzene rings is 2. The van der Waals surface area contributed by atoms with Crippen LogP contribution in [0.4, 0.5) is 0 Å². The van der Waals surface area contributed by atoms with Gasteiger partial charge in [0.15, 0.2) is 5.11 Å². The predicted molar refractivity (Wildman–Crippen MR) is 99.1 cm³/mol. The smallest absolute Gasteiger partial charge is 0.265 e. The molecule has 0 aliphatic carbocycles. The molecule has 1 saturated heterocycles. The second kappa shape index (κ2) is 6.86. The van der Waals surface area contributed by atoms with Crippen molar-refractivity contribution in [3.63, 3.8) is 0 Å². The number of ether oxygens (including phenoxy) is 1. The van der Waals surface area contributed by atoms with E-state index >= 15 is 0 Å². The lowest BCUT2D eigenvalue weighted by molar-refractivity contribution is -0.132. The quantitative estimate of drug-likeness (QED) is 0.484. The van der Waals surface area contributed by atoms with Crippen LogP contribution in [-0.4, -0.2) is 40.8 Å². The van der Waals surface area contributed by atoms with E-state index in [9.17, 15) is 9.59 Å². The minimum absolute atomic E-state index is 0.0652. The van der Waals surface area contributed by atoms with Gasteiger partial charge >= 0.3 is 0 Å². The molecular weight excluding hydrogens is 336 g/mol. The summed E-state index contributed by atoms with van der Waals surface area (Å²) < 4.78 is 5.78. The predicted octanol–water partition coefficient (Wildman–Crippen LogP) is 3.08. The molecule has 0 atom stereocenters. The molecule has 2 aromatic rings. The molecule has 0 saturated carbocycles. The number of hydrogen-bond donors (Lipinski definition) is 0. The Hall–Kier alpha value is -2.99. The molecule has 0 bridgehead atoms. The maximum atomic E-state index is 12.4. The van der Waals surface area contributed by atoms with Gasteiger partial charge in [-0.15, -0.1) is 0 Å². The summed E-state index contributed by atoms with van der Waals surface area (Å²) in [5.74, 6) is 0.500. The summed E-state index contributed by atoms with van der Waals surface area (Å²) in [6.45, 7) is 0. The minimum Gasteiger partial charge on any atom is -0.457 e. The first kappa shape index (κ1) is 16.9. The third kappa shape index (κ3) is 3.44. The van der Waals surface area contributed by atoms with Crippen molar-refractivity contribution in [2.24, 2.45) is 0 Å². The molecule has 5 nitrogen and oxygen atoms in total. The number of carbonyl (C=O) groups is 2. The van der Waals surface area contributed by atoms with Gasteiger partial charge in [-0.2, -0.15) is 0 Å². The first-order valence-electron chi connectivity index (χ1n) is 7.62. The highest BCUT2D eigenvalue weighted by molar-refractivity contribution is 7.80. The lowest BCUT2D eigenvalue weighted by atomic mass is 10.1. The molecule has 0 aromatic heterocycles. The first-order valence-corrected chi connectivity index (χ1v) is 8.03. The van der Waals surface area contributed by atoms with E-state index in [-0.39, 0.29) is 10.7 Å². The van der Waals surface area contributed by atoms with Crippen molar-refractivity contribution in [1.82, 2.24) is 9.80 Å². The van der Waals surface area contributed by atoms with Crippen molar-refractivity contribution >= 4 is 35.2 Å². The van der Waals surface area contributed by atoms with Gasteiger partial charge in [-0.05, 0) is 48.1 Å². The van der Waals surface area contributed by atoms with Gasteiger partial charge in [-0.1, -0.05) is 30.3 Å². The summed E-state index contributed by atoms with van der Waals surface area (Å²) in [6, 6.07) is 16.6. The highest BCUT2D eigenvalue weighted by atomic mass is 32.1. The number of amides is 2. The summed E-state index contributed by atoms with van der Waals surface area (Å²) in [6.07, 6.45) is 1.55. The topological polar surface area (TPSA) is 49.9 Å². The van der Waals surface area contributed by atoms with Gasteiger partial charge < -0.3 is 4.74 Å². The third-order valence-electron chi connectivity index (χ3n) is 3.79. The molecule has 2 amide bonds. The van der Waals surface area contributed by atoms with Crippen LogP contribution in [0.3, 0.4) is 0 Å². The second-order valence-corrected chi connectivity index (χ2v) is 5.92. The van der Waals surface area contributed by atoms with Gasteiger partial charge in [0.1, 0.15) is 17.1 Å². The van der Waals surface area contributed by atoms with E-state index in [0.29, 0.717) is 17.1 Å². The van der Waals surface area contributed by atoms with Crippen molar-refractivity contribution in [3.8, 4) is 11.5 Å². The lowest BCUT2D eigenvalue weighted by Crippen LogP contribution is -2.52. The molecule has 0 N–H and O–H groups in total. The second-order valence-electron chi connectivity index (χ2n) is 5.56. The Labute approximate surface area is 151 Å². The lowest BCUT2D eigenvalue weighted by Gasteiger charge is -2.31. The fraction of sp³-hybridized carbons (Fsp3) is 0.105. The van der Waals surface area contributed by atoms with Crippen molar-refractivity contribution in [2.75, 3.05) is 14.1 Å². The summed E-state index contributed by atoms with van der Waals surface area (Å²) in [4.78, 5) is 27.3. The zero-order chi connectivity index (χ0) is 18.0. The van der Waals surface area contributed by atoms with Gasteiger partial charge in [0.05, 0.1) is 0 Å². The van der Waals surface area contributed by atoms with Crippen molar-refractivity contribution in [3.05, 3.63) is 65.7 Å². The van der Waals surface area contributed by atoms with Crippen LogP contribution in [-0.2, 0) is 9.59 Å². The Morgan fingerprint density at radius 1 is 0.880 bits per heavy atom. The van der Waals surface area contributed by atoms with Crippen LogP contribution in [0.25, 0.3) is 6.08 Å². The Morgan fingerprint density at radius 2 is 1.48 bits per heavy atom. The number of carbonyl (C=O) groups excluding carboxylic acids is 2. The number of rotatable bonds is 3.